The first-order chi connectivity index (χ1) is 38.5. The summed E-state index contributed by atoms with van der Waals surface area (Å²) in [6.45, 7) is 15.2. The molecule has 2 aliphatic heterocycles. The summed E-state index contributed by atoms with van der Waals surface area (Å²) in [4.78, 5) is 93.3. The van der Waals surface area contributed by atoms with Gasteiger partial charge in [-0.3, -0.25) is 28.9 Å². The number of carbonyl (C=O) groups is 5. The zero-order valence-electron chi connectivity index (χ0n) is 47.6. The molecule has 2 aliphatic rings. The topological polar surface area (TPSA) is 235 Å². The molecule has 5 aromatic rings. The number of rotatable bonds is 29. The Balaban J connectivity index is 0.757. The number of piperazine rings is 1. The zero-order valence-corrected chi connectivity index (χ0v) is 49.1. The molecule has 80 heavy (non-hydrogen) atoms. The number of aliphatic hydroxyl groups is 1. The Morgan fingerprint density at radius 3 is 2.14 bits per heavy atom. The van der Waals surface area contributed by atoms with Gasteiger partial charge in [-0.25, -0.2) is 15.0 Å². The number of H-pyrrole nitrogens is 1. The second-order valence-electron chi connectivity index (χ2n) is 22.7. The molecule has 18 nitrogen and oxygen atoms in total. The van der Waals surface area contributed by atoms with Crippen molar-refractivity contribution < 1.29 is 29.1 Å². The number of halogens is 1. The average molecular weight is 1140 g/mol. The first-order valence-corrected chi connectivity index (χ1v) is 30.1. The van der Waals surface area contributed by atoms with Crippen LogP contribution in [0.3, 0.4) is 0 Å². The van der Waals surface area contributed by atoms with E-state index in [1.54, 1.807) is 17.7 Å². The Hall–Kier alpha value is -5.99. The molecule has 0 saturated carbocycles. The number of anilines is 1. The van der Waals surface area contributed by atoms with Crippen LogP contribution in [0.25, 0.3) is 21.5 Å². The fraction of sp³-hybridized carbons (Fsp3) is 0.567. The van der Waals surface area contributed by atoms with E-state index in [4.69, 9.17) is 17.3 Å². The summed E-state index contributed by atoms with van der Waals surface area (Å²) in [5, 5.41) is 21.6. The summed E-state index contributed by atoms with van der Waals surface area (Å²) in [5.74, 6) is 0.100. The summed E-state index contributed by atoms with van der Waals surface area (Å²) in [7, 11) is 0. The number of hydrogen-bond donors (Lipinski definition) is 6. The van der Waals surface area contributed by atoms with E-state index in [2.05, 4.69) is 45.7 Å². The maximum Gasteiger partial charge on any atom is 0.246 e. The van der Waals surface area contributed by atoms with Gasteiger partial charge in [-0.15, -0.1) is 11.3 Å². The molecule has 2 saturated heterocycles. The van der Waals surface area contributed by atoms with Crippen molar-refractivity contribution in [3.63, 3.8) is 0 Å². The quantitative estimate of drug-likeness (QED) is 0.0249. The van der Waals surface area contributed by atoms with Crippen molar-refractivity contribution in [1.82, 2.24) is 50.6 Å². The van der Waals surface area contributed by atoms with Crippen LogP contribution in [0.5, 0.6) is 0 Å². The van der Waals surface area contributed by atoms with E-state index >= 15 is 0 Å². The molecule has 7 N–H and O–H groups in total. The number of carbonyl (C=O) groups excluding carboxylic acids is 5. The highest BCUT2D eigenvalue weighted by molar-refractivity contribution is 7.13. The molecule has 5 atom stereocenters. The van der Waals surface area contributed by atoms with Crippen molar-refractivity contribution in [1.29, 1.82) is 0 Å². The number of thiazole rings is 1. The van der Waals surface area contributed by atoms with Gasteiger partial charge in [0.2, 0.25) is 29.5 Å². The molecular weight excluding hydrogens is 1050 g/mol. The molecule has 5 heterocycles. The number of β-amino-alcohol motifs (C(OH)–C–C–N with tert-alkyl or cyclic N) is 1. The molecule has 20 heteroatoms. The van der Waals surface area contributed by atoms with Crippen molar-refractivity contribution in [2.24, 2.45) is 11.1 Å². The Morgan fingerprint density at radius 2 is 1.46 bits per heavy atom. The number of aryl methyl sites for hydroxylation is 1. The van der Waals surface area contributed by atoms with Crippen LogP contribution in [0, 0.1) is 12.3 Å². The van der Waals surface area contributed by atoms with Gasteiger partial charge in [0.15, 0.2) is 0 Å². The average Bonchev–Trinajstić information content (AvgIpc) is 4.23. The monoisotopic (exact) mass is 1140 g/mol. The zero-order chi connectivity index (χ0) is 57.2. The SMILES string of the molecule is Cc1ncsc1-c1ccc([C@H](C)NC(=O)[C@@H]2C[C@@H](O)CN2C(=O)[C@@H](NC(=O)CCCCCCCCCC(=O)N2CCN(CC[C@H](NC(=O)CCCN(CCCN)c3ncnc4[nH]ccc34)c3ccc(Cl)cc3)CC2)C(C)(C)C)cc1. The van der Waals surface area contributed by atoms with Gasteiger partial charge in [0.05, 0.1) is 39.7 Å². The molecule has 7 rings (SSSR count). The van der Waals surface area contributed by atoms with E-state index in [-0.39, 0.29) is 61.0 Å². The highest BCUT2D eigenvalue weighted by atomic mass is 35.5. The molecule has 3 aromatic heterocycles. The van der Waals surface area contributed by atoms with E-state index in [0.29, 0.717) is 56.9 Å². The molecule has 0 unspecified atom stereocenters. The molecule has 434 valence electrons. The summed E-state index contributed by atoms with van der Waals surface area (Å²) in [6.07, 6.45) is 12.4. The third-order valence-electron chi connectivity index (χ3n) is 15.5. The van der Waals surface area contributed by atoms with Crippen molar-refractivity contribution in [2.45, 2.75) is 155 Å². The van der Waals surface area contributed by atoms with Gasteiger partial charge in [0.1, 0.15) is 29.9 Å². The maximum absolute atomic E-state index is 14.2. The third-order valence-corrected chi connectivity index (χ3v) is 16.7. The van der Waals surface area contributed by atoms with Crippen LogP contribution in [0.15, 0.2) is 72.6 Å². The number of unbranched alkanes of at least 4 members (excludes halogenated alkanes) is 6. The lowest BCUT2D eigenvalue weighted by atomic mass is 9.85. The molecular formula is C60H85ClN12O6S. The molecule has 5 amide bonds. The first-order valence-electron chi connectivity index (χ1n) is 28.9. The van der Waals surface area contributed by atoms with Gasteiger partial charge in [-0.05, 0) is 92.8 Å². The largest absolute Gasteiger partial charge is 0.391 e. The Kier molecular flexibility index (Phi) is 23.2. The standard InChI is InChI=1S/C60H85ClN12O6S/c1-41(43-18-20-45(21-19-43)54-42(2)66-40-80-54)67-58(78)50-37-47(74)38-73(50)59(79)55(60(3,4)5)69-52(76)15-11-9-7-6-8-10-12-17-53(77)71-35-33-70(34-36-71)32-27-49(44-22-24-46(61)25-23-44)68-51(75)16-13-30-72(31-14-28-62)57-48-26-29-63-56(48)64-39-65-57/h18-26,29,39-41,47,49-50,55,74H,6-17,27-28,30-38,62H2,1-5H3,(H,67,78)(H,68,75)(H,69,76)(H,63,64,65)/t41-,47+,49-,50-,55+/m0/s1. The number of nitrogens with two attached hydrogens (primary N) is 1. The predicted molar refractivity (Wildman–Crippen MR) is 317 cm³/mol. The number of aromatic nitrogens is 4. The number of likely N-dealkylation sites (tertiary alicyclic amines) is 1. The first kappa shape index (κ1) is 61.6. The molecule has 2 fully saturated rings. The summed E-state index contributed by atoms with van der Waals surface area (Å²) < 4.78 is 0. The van der Waals surface area contributed by atoms with Crippen LogP contribution in [0.2, 0.25) is 5.02 Å². The van der Waals surface area contributed by atoms with Crippen LogP contribution in [-0.4, -0.2) is 146 Å². The lowest BCUT2D eigenvalue weighted by Crippen LogP contribution is -2.57. The summed E-state index contributed by atoms with van der Waals surface area (Å²) in [5.41, 5.74) is 11.8. The molecule has 0 bridgehead atoms. The number of fused-ring (bicyclic) bond motifs is 1. The number of hydrogen-bond acceptors (Lipinski definition) is 13. The van der Waals surface area contributed by atoms with Crippen molar-refractivity contribution in [3.8, 4) is 10.4 Å². The second kappa shape index (κ2) is 30.2. The second-order valence-corrected chi connectivity index (χ2v) is 24.0. The van der Waals surface area contributed by atoms with Crippen molar-refractivity contribution >= 4 is 69.3 Å². The van der Waals surface area contributed by atoms with Crippen molar-refractivity contribution in [3.05, 3.63) is 94.5 Å². The van der Waals surface area contributed by atoms with E-state index in [0.717, 1.165) is 122 Å². The van der Waals surface area contributed by atoms with Crippen LogP contribution >= 0.6 is 22.9 Å². The maximum atomic E-state index is 14.2. The summed E-state index contributed by atoms with van der Waals surface area (Å²) >= 11 is 7.83. The molecule has 2 aromatic carbocycles. The van der Waals surface area contributed by atoms with Crippen LogP contribution in [0.4, 0.5) is 5.82 Å². The fourth-order valence-electron chi connectivity index (χ4n) is 10.8. The number of aliphatic hydroxyl groups excluding tert-OH is 1. The Bertz CT molecular complexity index is 2780. The van der Waals surface area contributed by atoms with Gasteiger partial charge in [-0.2, -0.15) is 0 Å². The minimum Gasteiger partial charge on any atom is -0.391 e. The van der Waals surface area contributed by atoms with Gasteiger partial charge in [-0.1, -0.05) is 101 Å². The highest BCUT2D eigenvalue weighted by Crippen LogP contribution is 2.31. The smallest absolute Gasteiger partial charge is 0.246 e. The predicted octanol–water partition coefficient (Wildman–Crippen LogP) is 8.25. The fourth-order valence-corrected chi connectivity index (χ4v) is 11.8. The number of nitrogens with zero attached hydrogens (tertiary/aromatic N) is 7. The third kappa shape index (κ3) is 17.8. The number of nitrogens with one attached hydrogen (secondary N) is 4. The van der Waals surface area contributed by atoms with E-state index in [9.17, 15) is 29.1 Å². The van der Waals surface area contributed by atoms with Gasteiger partial charge in [0, 0.05) is 89.3 Å². The van der Waals surface area contributed by atoms with Gasteiger partial charge < -0.3 is 46.5 Å². The minimum atomic E-state index is -0.872. The van der Waals surface area contributed by atoms with E-state index < -0.39 is 23.6 Å². The Labute approximate surface area is 481 Å². The summed E-state index contributed by atoms with van der Waals surface area (Å²) in [6, 6.07) is 15.4. The molecule has 0 aliphatic carbocycles. The van der Waals surface area contributed by atoms with Crippen LogP contribution < -0.4 is 26.6 Å². The van der Waals surface area contributed by atoms with E-state index in [1.165, 1.54) is 4.90 Å². The molecule has 0 spiro atoms. The lowest BCUT2D eigenvalue weighted by Gasteiger charge is -2.35. The van der Waals surface area contributed by atoms with Gasteiger partial charge >= 0.3 is 0 Å². The number of amides is 5. The Morgan fingerprint density at radius 1 is 0.812 bits per heavy atom. The number of benzene rings is 2. The lowest BCUT2D eigenvalue weighted by molar-refractivity contribution is -0.144. The van der Waals surface area contributed by atoms with E-state index in [1.807, 2.05) is 106 Å². The van der Waals surface area contributed by atoms with Crippen molar-refractivity contribution in [2.75, 3.05) is 63.8 Å². The van der Waals surface area contributed by atoms with Crippen LogP contribution in [0.1, 0.15) is 146 Å². The normalized spacial score (nSPS) is 17.1. The number of aromatic amines is 1. The van der Waals surface area contributed by atoms with Crippen LogP contribution in [-0.2, 0) is 24.0 Å². The molecule has 0 radical (unpaired) electrons. The van der Waals surface area contributed by atoms with Gasteiger partial charge in [0.25, 0.3) is 0 Å². The highest BCUT2D eigenvalue weighted by Gasteiger charge is 2.44. The minimum absolute atomic E-state index is 0.0119.